The van der Waals surface area contributed by atoms with Crippen molar-refractivity contribution in [2.45, 2.75) is 32.6 Å². The summed E-state index contributed by atoms with van der Waals surface area (Å²) in [6.45, 7) is 2.66. The molecular formula is C19H22O4. The minimum Gasteiger partial charge on any atom is -0.508 e. The number of phenols is 2. The summed E-state index contributed by atoms with van der Waals surface area (Å²) in [6.07, 6.45) is 4.32. The number of aromatic hydroxyl groups is 2. The molecule has 0 bridgehead atoms. The number of phenolic OH excluding ortho intramolecular Hbond substituents is 2. The Hall–Kier alpha value is -2.49. The van der Waals surface area contributed by atoms with Gasteiger partial charge in [-0.3, -0.25) is 4.79 Å². The number of unbranched alkanes of at least 4 members (excludes halogenated alkanes) is 3. The fourth-order valence-corrected chi connectivity index (χ4v) is 2.26. The van der Waals surface area contributed by atoms with Crippen LogP contribution in [0.3, 0.4) is 0 Å². The molecule has 122 valence electrons. The SMILES string of the molecule is CCCCCCOc1cc(C(=O)c2ccc(O)cc2)ccc1O. The van der Waals surface area contributed by atoms with Crippen LogP contribution in [0.1, 0.15) is 48.5 Å². The van der Waals surface area contributed by atoms with Gasteiger partial charge in [0.25, 0.3) is 0 Å². The summed E-state index contributed by atoms with van der Waals surface area (Å²) in [6, 6.07) is 10.7. The zero-order valence-corrected chi connectivity index (χ0v) is 13.3. The largest absolute Gasteiger partial charge is 0.508 e. The van der Waals surface area contributed by atoms with Crippen LogP contribution in [0.5, 0.6) is 17.2 Å². The molecule has 23 heavy (non-hydrogen) atoms. The van der Waals surface area contributed by atoms with E-state index in [0.29, 0.717) is 23.5 Å². The Morgan fingerprint density at radius 2 is 1.65 bits per heavy atom. The highest BCUT2D eigenvalue weighted by atomic mass is 16.5. The second-order valence-corrected chi connectivity index (χ2v) is 5.47. The van der Waals surface area contributed by atoms with Crippen molar-refractivity contribution < 1.29 is 19.7 Å². The zero-order chi connectivity index (χ0) is 16.7. The van der Waals surface area contributed by atoms with Crippen LogP contribution >= 0.6 is 0 Å². The maximum absolute atomic E-state index is 12.4. The zero-order valence-electron chi connectivity index (χ0n) is 13.3. The lowest BCUT2D eigenvalue weighted by Crippen LogP contribution is -2.03. The van der Waals surface area contributed by atoms with Crippen LogP contribution in [-0.4, -0.2) is 22.6 Å². The lowest BCUT2D eigenvalue weighted by atomic mass is 10.0. The van der Waals surface area contributed by atoms with Crippen molar-refractivity contribution in [1.82, 2.24) is 0 Å². The average Bonchev–Trinajstić information content (AvgIpc) is 2.56. The normalized spacial score (nSPS) is 10.5. The van der Waals surface area contributed by atoms with Crippen LogP contribution in [0.15, 0.2) is 42.5 Å². The second kappa shape index (κ2) is 8.22. The third-order valence-corrected chi connectivity index (χ3v) is 3.61. The van der Waals surface area contributed by atoms with Crippen LogP contribution in [0.4, 0.5) is 0 Å². The van der Waals surface area contributed by atoms with Gasteiger partial charge in [0.15, 0.2) is 17.3 Å². The fraction of sp³-hybridized carbons (Fsp3) is 0.316. The molecule has 2 N–H and O–H groups in total. The number of rotatable bonds is 8. The van der Waals surface area contributed by atoms with Crippen molar-refractivity contribution >= 4 is 5.78 Å². The van der Waals surface area contributed by atoms with Crippen molar-refractivity contribution in [3.05, 3.63) is 53.6 Å². The Morgan fingerprint density at radius 1 is 0.957 bits per heavy atom. The van der Waals surface area contributed by atoms with Gasteiger partial charge in [-0.25, -0.2) is 0 Å². The van der Waals surface area contributed by atoms with Crippen LogP contribution in [0.2, 0.25) is 0 Å². The predicted molar refractivity (Wildman–Crippen MR) is 89.3 cm³/mol. The summed E-state index contributed by atoms with van der Waals surface area (Å²) in [7, 11) is 0. The van der Waals surface area contributed by atoms with E-state index in [1.54, 1.807) is 24.3 Å². The molecule has 0 aliphatic carbocycles. The molecular weight excluding hydrogens is 292 g/mol. The Balaban J connectivity index is 2.06. The Morgan fingerprint density at radius 3 is 2.35 bits per heavy atom. The molecule has 0 atom stereocenters. The maximum atomic E-state index is 12.4. The van der Waals surface area contributed by atoms with E-state index < -0.39 is 0 Å². The van der Waals surface area contributed by atoms with Crippen molar-refractivity contribution in [2.24, 2.45) is 0 Å². The first-order valence-electron chi connectivity index (χ1n) is 7.91. The van der Waals surface area contributed by atoms with Gasteiger partial charge in [0, 0.05) is 11.1 Å². The van der Waals surface area contributed by atoms with Crippen LogP contribution in [0.25, 0.3) is 0 Å². The molecule has 0 saturated carbocycles. The van der Waals surface area contributed by atoms with Crippen LogP contribution in [-0.2, 0) is 0 Å². The topological polar surface area (TPSA) is 66.8 Å². The highest BCUT2D eigenvalue weighted by Gasteiger charge is 2.12. The Kier molecular flexibility index (Phi) is 6.03. The molecule has 0 amide bonds. The summed E-state index contributed by atoms with van der Waals surface area (Å²) >= 11 is 0. The van der Waals surface area contributed by atoms with E-state index in [2.05, 4.69) is 6.92 Å². The molecule has 0 spiro atoms. The second-order valence-electron chi connectivity index (χ2n) is 5.47. The molecule has 0 heterocycles. The van der Waals surface area contributed by atoms with E-state index in [4.69, 9.17) is 4.74 Å². The quantitative estimate of drug-likeness (QED) is 0.563. The fourth-order valence-electron chi connectivity index (χ4n) is 2.26. The summed E-state index contributed by atoms with van der Waals surface area (Å²) in [5.74, 6) is 0.290. The summed E-state index contributed by atoms with van der Waals surface area (Å²) < 4.78 is 5.59. The molecule has 2 aromatic rings. The molecule has 4 nitrogen and oxygen atoms in total. The molecule has 0 unspecified atom stereocenters. The number of hydrogen-bond acceptors (Lipinski definition) is 4. The van der Waals surface area contributed by atoms with E-state index in [1.165, 1.54) is 18.2 Å². The molecule has 0 fully saturated rings. The van der Waals surface area contributed by atoms with Gasteiger partial charge in [-0.05, 0) is 48.9 Å². The van der Waals surface area contributed by atoms with Gasteiger partial charge in [-0.2, -0.15) is 0 Å². The van der Waals surface area contributed by atoms with E-state index in [-0.39, 0.29) is 17.3 Å². The number of ketones is 1. The number of carbonyl (C=O) groups excluding carboxylic acids is 1. The van der Waals surface area contributed by atoms with E-state index in [1.807, 2.05) is 0 Å². The summed E-state index contributed by atoms with van der Waals surface area (Å²) in [5, 5.41) is 19.1. The first-order valence-corrected chi connectivity index (χ1v) is 7.91. The number of carbonyl (C=O) groups is 1. The van der Waals surface area contributed by atoms with Gasteiger partial charge >= 0.3 is 0 Å². The highest BCUT2D eigenvalue weighted by Crippen LogP contribution is 2.28. The minimum absolute atomic E-state index is 0.0303. The smallest absolute Gasteiger partial charge is 0.193 e. The van der Waals surface area contributed by atoms with Crippen LogP contribution < -0.4 is 4.74 Å². The molecule has 0 saturated heterocycles. The maximum Gasteiger partial charge on any atom is 0.193 e. The van der Waals surface area contributed by atoms with E-state index in [9.17, 15) is 15.0 Å². The number of benzene rings is 2. The molecule has 0 aliphatic rings. The highest BCUT2D eigenvalue weighted by molar-refractivity contribution is 6.09. The standard InChI is InChI=1S/C19H22O4/c1-2-3-4-5-12-23-18-13-15(8-11-17(18)21)19(22)14-6-9-16(20)10-7-14/h6-11,13,20-21H,2-5,12H2,1H3. The van der Waals surface area contributed by atoms with Gasteiger partial charge in [-0.15, -0.1) is 0 Å². The Bertz CT molecular complexity index is 647. The van der Waals surface area contributed by atoms with Gasteiger partial charge in [0.05, 0.1) is 6.61 Å². The molecule has 2 rings (SSSR count). The van der Waals surface area contributed by atoms with E-state index >= 15 is 0 Å². The Labute approximate surface area is 136 Å². The average molecular weight is 314 g/mol. The van der Waals surface area contributed by atoms with Crippen molar-refractivity contribution in [1.29, 1.82) is 0 Å². The number of ether oxygens (including phenoxy) is 1. The third kappa shape index (κ3) is 4.74. The van der Waals surface area contributed by atoms with Gasteiger partial charge in [-0.1, -0.05) is 26.2 Å². The number of hydrogen-bond donors (Lipinski definition) is 2. The lowest BCUT2D eigenvalue weighted by molar-refractivity contribution is 0.103. The first kappa shape index (κ1) is 16.9. The molecule has 0 aliphatic heterocycles. The van der Waals surface area contributed by atoms with Crippen molar-refractivity contribution in [3.8, 4) is 17.2 Å². The first-order chi connectivity index (χ1) is 11.1. The monoisotopic (exact) mass is 314 g/mol. The summed E-state index contributed by atoms with van der Waals surface area (Å²) in [5.41, 5.74) is 0.916. The van der Waals surface area contributed by atoms with Crippen molar-refractivity contribution in [3.63, 3.8) is 0 Å². The minimum atomic E-state index is -0.180. The molecule has 0 aromatic heterocycles. The van der Waals surface area contributed by atoms with Gasteiger partial charge in [0.2, 0.25) is 0 Å². The molecule has 2 aromatic carbocycles. The van der Waals surface area contributed by atoms with Gasteiger partial charge in [0.1, 0.15) is 5.75 Å². The predicted octanol–water partition coefficient (Wildman–Crippen LogP) is 4.29. The third-order valence-electron chi connectivity index (χ3n) is 3.61. The van der Waals surface area contributed by atoms with Gasteiger partial charge < -0.3 is 14.9 Å². The van der Waals surface area contributed by atoms with E-state index in [0.717, 1.165) is 25.7 Å². The molecule has 4 heteroatoms. The van der Waals surface area contributed by atoms with Crippen molar-refractivity contribution in [2.75, 3.05) is 6.61 Å². The lowest BCUT2D eigenvalue weighted by Gasteiger charge is -2.10. The van der Waals surface area contributed by atoms with Crippen LogP contribution in [0, 0.1) is 0 Å². The summed E-state index contributed by atoms with van der Waals surface area (Å²) in [4.78, 5) is 12.4. The molecule has 0 radical (unpaired) electrons.